The van der Waals surface area contributed by atoms with Crippen LogP contribution in [0.5, 0.6) is 0 Å². The average Bonchev–Trinajstić information content (AvgIpc) is 3.48. The van der Waals surface area contributed by atoms with E-state index in [0.29, 0.717) is 25.9 Å². The van der Waals surface area contributed by atoms with E-state index in [4.69, 9.17) is 4.74 Å². The first-order valence-corrected chi connectivity index (χ1v) is 37.9. The average molecular weight is 1160 g/mol. The Morgan fingerprint density at radius 3 is 0.866 bits per heavy atom. The van der Waals surface area contributed by atoms with Gasteiger partial charge in [-0.15, -0.1) is 0 Å². The van der Waals surface area contributed by atoms with Crippen molar-refractivity contribution in [3.05, 3.63) is 12.2 Å². The predicted molar refractivity (Wildman–Crippen MR) is 361 cm³/mol. The Morgan fingerprint density at radius 2 is 0.573 bits per heavy atom. The van der Waals surface area contributed by atoms with Crippen molar-refractivity contribution in [1.29, 1.82) is 0 Å². The van der Waals surface area contributed by atoms with Crippen molar-refractivity contribution in [3.8, 4) is 0 Å². The van der Waals surface area contributed by atoms with E-state index in [0.717, 1.165) is 38.5 Å². The van der Waals surface area contributed by atoms with E-state index in [1.807, 2.05) is 0 Å². The van der Waals surface area contributed by atoms with Crippen LogP contribution in [0.1, 0.15) is 438 Å². The van der Waals surface area contributed by atoms with Crippen LogP contribution in [0.3, 0.4) is 0 Å². The summed E-state index contributed by atoms with van der Waals surface area (Å²) in [5.41, 5.74) is 0. The number of amides is 1. The maximum atomic E-state index is 12.5. The van der Waals surface area contributed by atoms with E-state index >= 15 is 0 Å². The van der Waals surface area contributed by atoms with Crippen molar-refractivity contribution in [1.82, 2.24) is 5.32 Å². The molecule has 6 heteroatoms. The van der Waals surface area contributed by atoms with Gasteiger partial charge in [-0.3, -0.25) is 9.59 Å². The molecule has 0 saturated carbocycles. The van der Waals surface area contributed by atoms with E-state index in [1.165, 1.54) is 366 Å². The molecule has 0 aliphatic rings. The zero-order valence-corrected chi connectivity index (χ0v) is 56.0. The van der Waals surface area contributed by atoms with Crippen molar-refractivity contribution < 1.29 is 24.5 Å². The number of hydrogen-bond acceptors (Lipinski definition) is 5. The summed E-state index contributed by atoms with van der Waals surface area (Å²) in [5.74, 6) is -0.00288. The van der Waals surface area contributed by atoms with Gasteiger partial charge in [0.2, 0.25) is 5.91 Å². The van der Waals surface area contributed by atoms with Crippen molar-refractivity contribution in [2.75, 3.05) is 13.2 Å². The Morgan fingerprint density at radius 1 is 0.329 bits per heavy atom. The van der Waals surface area contributed by atoms with Crippen LogP contribution in [0.25, 0.3) is 0 Å². The fourth-order valence-electron chi connectivity index (χ4n) is 12.3. The number of esters is 1. The first-order chi connectivity index (χ1) is 40.5. The predicted octanol–water partition coefficient (Wildman–Crippen LogP) is 24.7. The fraction of sp³-hybridized carbons (Fsp3) is 0.947. The Balaban J connectivity index is 3.30. The fourth-order valence-corrected chi connectivity index (χ4v) is 12.3. The highest BCUT2D eigenvalue weighted by atomic mass is 16.5. The molecule has 488 valence electrons. The minimum absolute atomic E-state index is 0.0259. The smallest absolute Gasteiger partial charge is 0.305 e. The van der Waals surface area contributed by atoms with Crippen molar-refractivity contribution in [2.45, 2.75) is 450 Å². The van der Waals surface area contributed by atoms with Gasteiger partial charge in [-0.05, 0) is 51.4 Å². The standard InChI is InChI=1S/C76H149NO5/c1-3-5-7-9-11-13-15-17-18-43-46-50-54-58-62-66-70-76(81)82-71-67-63-59-55-51-47-44-41-39-37-35-33-31-29-27-25-23-21-19-20-22-24-26-28-30-32-34-36-38-40-42-45-49-53-57-61-65-69-75(80)77-73(72-78)74(79)68-64-60-56-52-48-16-14-12-10-8-6-4-2/h19,21,73-74,78-79H,3-18,20,22-72H2,1-2H3,(H,77,80)/b21-19-. The van der Waals surface area contributed by atoms with E-state index in [1.54, 1.807) is 0 Å². The molecule has 0 radical (unpaired) electrons. The number of hydrogen-bond donors (Lipinski definition) is 3. The second-order valence-electron chi connectivity index (χ2n) is 26.3. The van der Waals surface area contributed by atoms with Gasteiger partial charge in [-0.25, -0.2) is 0 Å². The second-order valence-corrected chi connectivity index (χ2v) is 26.3. The summed E-state index contributed by atoms with van der Waals surface area (Å²) in [6.45, 7) is 5.00. The number of rotatable bonds is 72. The van der Waals surface area contributed by atoms with Gasteiger partial charge < -0.3 is 20.3 Å². The first kappa shape index (κ1) is 80.6. The third-order valence-electron chi connectivity index (χ3n) is 18.1. The van der Waals surface area contributed by atoms with Gasteiger partial charge >= 0.3 is 5.97 Å². The number of carbonyl (C=O) groups is 2. The topological polar surface area (TPSA) is 95.9 Å². The lowest BCUT2D eigenvalue weighted by Gasteiger charge is -2.22. The van der Waals surface area contributed by atoms with Gasteiger partial charge in [0.05, 0.1) is 25.4 Å². The van der Waals surface area contributed by atoms with E-state index in [2.05, 4.69) is 31.3 Å². The van der Waals surface area contributed by atoms with Gasteiger partial charge in [-0.1, -0.05) is 386 Å². The molecule has 6 nitrogen and oxygen atoms in total. The summed E-state index contributed by atoms with van der Waals surface area (Å²) in [5, 5.41) is 23.3. The third kappa shape index (κ3) is 67.7. The highest BCUT2D eigenvalue weighted by molar-refractivity contribution is 5.76. The molecule has 0 saturated heterocycles. The molecule has 0 heterocycles. The molecule has 0 fully saturated rings. The number of unbranched alkanes of at least 4 members (excludes halogenated alkanes) is 59. The number of nitrogens with one attached hydrogen (secondary N) is 1. The van der Waals surface area contributed by atoms with Crippen LogP contribution in [0.4, 0.5) is 0 Å². The number of aliphatic hydroxyl groups excluding tert-OH is 2. The molecular formula is C76H149NO5. The molecule has 0 aromatic carbocycles. The highest BCUT2D eigenvalue weighted by Gasteiger charge is 2.20. The quantitative estimate of drug-likeness (QED) is 0.0320. The zero-order valence-electron chi connectivity index (χ0n) is 56.0. The molecular weight excluding hydrogens is 1010 g/mol. The number of allylic oxidation sites excluding steroid dienone is 2. The summed E-state index contributed by atoms with van der Waals surface area (Å²) in [6.07, 6.45) is 90.2. The van der Waals surface area contributed by atoms with Gasteiger partial charge in [0.1, 0.15) is 0 Å². The van der Waals surface area contributed by atoms with Crippen LogP contribution < -0.4 is 5.32 Å². The van der Waals surface area contributed by atoms with Crippen molar-refractivity contribution >= 4 is 11.9 Å². The van der Waals surface area contributed by atoms with Gasteiger partial charge in [0.25, 0.3) is 0 Å². The highest BCUT2D eigenvalue weighted by Crippen LogP contribution is 2.20. The van der Waals surface area contributed by atoms with Crippen LogP contribution in [0.2, 0.25) is 0 Å². The van der Waals surface area contributed by atoms with E-state index in [9.17, 15) is 19.8 Å². The second kappa shape index (κ2) is 72.1. The summed E-state index contributed by atoms with van der Waals surface area (Å²) < 4.78 is 5.51. The zero-order chi connectivity index (χ0) is 59.2. The molecule has 0 aromatic rings. The summed E-state index contributed by atoms with van der Waals surface area (Å²) in [7, 11) is 0. The Bertz CT molecular complexity index is 1240. The minimum Gasteiger partial charge on any atom is -0.466 e. The molecule has 1 amide bonds. The molecule has 82 heavy (non-hydrogen) atoms. The normalized spacial score (nSPS) is 12.5. The van der Waals surface area contributed by atoms with Crippen molar-refractivity contribution in [2.24, 2.45) is 0 Å². The summed E-state index contributed by atoms with van der Waals surface area (Å²) >= 11 is 0. The lowest BCUT2D eigenvalue weighted by molar-refractivity contribution is -0.143. The van der Waals surface area contributed by atoms with Crippen LogP contribution >= 0.6 is 0 Å². The molecule has 0 aliphatic carbocycles. The Hall–Kier alpha value is -1.40. The van der Waals surface area contributed by atoms with Crippen LogP contribution in [-0.2, 0) is 14.3 Å². The number of aliphatic hydroxyl groups is 2. The number of ether oxygens (including phenoxy) is 1. The lowest BCUT2D eigenvalue weighted by atomic mass is 10.0. The van der Waals surface area contributed by atoms with E-state index in [-0.39, 0.29) is 18.5 Å². The SMILES string of the molecule is CCCCCCCCCCCCCCCCCCC(=O)OCCCCCCCCCCCCCCCCCC/C=C\CCCCCCCCCCCCCCCCCCCC(=O)NC(CO)C(O)CCCCCCCCCCCCCC. The van der Waals surface area contributed by atoms with Crippen LogP contribution in [0, 0.1) is 0 Å². The molecule has 2 unspecified atom stereocenters. The molecule has 0 aromatic heterocycles. The minimum atomic E-state index is -0.659. The molecule has 2 atom stereocenters. The van der Waals surface area contributed by atoms with Gasteiger partial charge in [0.15, 0.2) is 0 Å². The molecule has 0 spiro atoms. The molecule has 0 rings (SSSR count). The monoisotopic (exact) mass is 1160 g/mol. The van der Waals surface area contributed by atoms with E-state index < -0.39 is 12.1 Å². The summed E-state index contributed by atoms with van der Waals surface area (Å²) in [4.78, 5) is 24.6. The lowest BCUT2D eigenvalue weighted by Crippen LogP contribution is -2.45. The first-order valence-electron chi connectivity index (χ1n) is 37.9. The summed E-state index contributed by atoms with van der Waals surface area (Å²) in [6, 6.07) is -0.536. The van der Waals surface area contributed by atoms with Gasteiger partial charge in [0, 0.05) is 12.8 Å². The maximum absolute atomic E-state index is 12.5. The molecule has 0 bridgehead atoms. The van der Waals surface area contributed by atoms with Crippen molar-refractivity contribution in [3.63, 3.8) is 0 Å². The number of carbonyl (C=O) groups excluding carboxylic acids is 2. The third-order valence-corrected chi connectivity index (χ3v) is 18.1. The van der Waals surface area contributed by atoms with Gasteiger partial charge in [-0.2, -0.15) is 0 Å². The largest absolute Gasteiger partial charge is 0.466 e. The Kier molecular flexibility index (Phi) is 70.8. The molecule has 0 aliphatic heterocycles. The van der Waals surface area contributed by atoms with Crippen LogP contribution in [-0.4, -0.2) is 47.4 Å². The van der Waals surface area contributed by atoms with Crippen LogP contribution in [0.15, 0.2) is 12.2 Å². The molecule has 3 N–H and O–H groups in total. The maximum Gasteiger partial charge on any atom is 0.305 e. The Labute approximate surface area is 514 Å².